The van der Waals surface area contributed by atoms with Crippen LogP contribution >= 0.6 is 0 Å². The third-order valence-corrected chi connectivity index (χ3v) is 6.49. The fourth-order valence-electron chi connectivity index (χ4n) is 4.89. The molecule has 0 aromatic heterocycles. The first kappa shape index (κ1) is 17.7. The van der Waals surface area contributed by atoms with E-state index in [4.69, 9.17) is 4.74 Å². The molecule has 4 rings (SSSR count). The molecule has 138 valence electrons. The smallest absolute Gasteiger partial charge is 0.118 e. The molecule has 0 bridgehead atoms. The summed E-state index contributed by atoms with van der Waals surface area (Å²) in [5.74, 6) is 0.661. The standard InChI is InChI=1S/C23H29NO2/c1-22(2)20(17-24-13-15-26-16-14-24)21(22)23(25,18-9-5-3-6-10-18)19-11-7-4-8-12-19/h3-12,20-21,25H,13-17H2,1-2H3/t20?,21-/m1/s1. The maximum Gasteiger partial charge on any atom is 0.118 e. The zero-order chi connectivity index (χ0) is 18.2. The first-order valence-electron chi connectivity index (χ1n) is 9.68. The van der Waals surface area contributed by atoms with Gasteiger partial charge in [0.1, 0.15) is 5.60 Å². The van der Waals surface area contributed by atoms with E-state index in [0.29, 0.717) is 5.92 Å². The summed E-state index contributed by atoms with van der Waals surface area (Å²) >= 11 is 0. The van der Waals surface area contributed by atoms with E-state index in [2.05, 4.69) is 43.0 Å². The SMILES string of the molecule is CC1(C)C(CN2CCOCC2)[C@H]1C(O)(c1ccccc1)c1ccccc1. The Morgan fingerprint density at radius 1 is 0.962 bits per heavy atom. The molecule has 3 nitrogen and oxygen atoms in total. The van der Waals surface area contributed by atoms with Crippen LogP contribution in [0.2, 0.25) is 0 Å². The Balaban J connectivity index is 1.68. The highest BCUT2D eigenvalue weighted by Gasteiger charge is 2.67. The van der Waals surface area contributed by atoms with Gasteiger partial charge < -0.3 is 9.84 Å². The Labute approximate surface area is 156 Å². The van der Waals surface area contributed by atoms with Crippen LogP contribution in [0.15, 0.2) is 60.7 Å². The first-order chi connectivity index (χ1) is 12.5. The summed E-state index contributed by atoms with van der Waals surface area (Å²) in [5, 5.41) is 12.1. The molecule has 1 N–H and O–H groups in total. The predicted molar refractivity (Wildman–Crippen MR) is 104 cm³/mol. The van der Waals surface area contributed by atoms with Crippen LogP contribution in [0.25, 0.3) is 0 Å². The van der Waals surface area contributed by atoms with Gasteiger partial charge in [-0.1, -0.05) is 74.5 Å². The van der Waals surface area contributed by atoms with E-state index in [1.807, 2.05) is 36.4 Å². The van der Waals surface area contributed by atoms with Crippen molar-refractivity contribution in [1.82, 2.24) is 4.90 Å². The topological polar surface area (TPSA) is 32.7 Å². The quantitative estimate of drug-likeness (QED) is 0.894. The van der Waals surface area contributed by atoms with Crippen LogP contribution in [-0.2, 0) is 10.3 Å². The van der Waals surface area contributed by atoms with Crippen molar-refractivity contribution in [3.05, 3.63) is 71.8 Å². The molecule has 1 unspecified atom stereocenters. The Kier molecular flexibility index (Phi) is 4.64. The molecular weight excluding hydrogens is 322 g/mol. The molecule has 1 heterocycles. The second-order valence-corrected chi connectivity index (χ2v) is 8.32. The zero-order valence-electron chi connectivity index (χ0n) is 15.8. The Bertz CT molecular complexity index is 683. The fourth-order valence-corrected chi connectivity index (χ4v) is 4.89. The normalized spacial score (nSPS) is 25.8. The van der Waals surface area contributed by atoms with Crippen molar-refractivity contribution in [1.29, 1.82) is 0 Å². The lowest BCUT2D eigenvalue weighted by atomic mass is 9.79. The molecule has 26 heavy (non-hydrogen) atoms. The minimum atomic E-state index is -0.955. The van der Waals surface area contributed by atoms with Gasteiger partial charge in [0.2, 0.25) is 0 Å². The lowest BCUT2D eigenvalue weighted by molar-refractivity contribution is 0.0242. The summed E-state index contributed by atoms with van der Waals surface area (Å²) in [6.45, 7) is 9.27. The average molecular weight is 351 g/mol. The largest absolute Gasteiger partial charge is 0.380 e. The van der Waals surface area contributed by atoms with Crippen LogP contribution in [0.5, 0.6) is 0 Å². The van der Waals surface area contributed by atoms with E-state index in [1.54, 1.807) is 0 Å². The van der Waals surface area contributed by atoms with Crippen LogP contribution in [0.4, 0.5) is 0 Å². The van der Waals surface area contributed by atoms with Crippen molar-refractivity contribution in [3.63, 3.8) is 0 Å². The van der Waals surface area contributed by atoms with Crippen LogP contribution < -0.4 is 0 Å². The number of benzene rings is 2. The molecule has 2 aromatic carbocycles. The summed E-state index contributed by atoms with van der Waals surface area (Å²) in [4.78, 5) is 2.49. The molecule has 2 aliphatic rings. The van der Waals surface area contributed by atoms with Crippen molar-refractivity contribution >= 4 is 0 Å². The minimum Gasteiger partial charge on any atom is -0.380 e. The molecule has 2 aromatic rings. The van der Waals surface area contributed by atoms with E-state index in [9.17, 15) is 5.11 Å². The molecule has 1 aliphatic carbocycles. The molecule has 0 spiro atoms. The molecule has 3 heteroatoms. The fraction of sp³-hybridized carbons (Fsp3) is 0.478. The zero-order valence-corrected chi connectivity index (χ0v) is 15.8. The van der Waals surface area contributed by atoms with Gasteiger partial charge in [-0.25, -0.2) is 0 Å². The van der Waals surface area contributed by atoms with Gasteiger partial charge in [-0.3, -0.25) is 4.90 Å². The molecule has 1 aliphatic heterocycles. The second-order valence-electron chi connectivity index (χ2n) is 8.32. The minimum absolute atomic E-state index is 0.0960. The van der Waals surface area contributed by atoms with Gasteiger partial charge in [0, 0.05) is 25.6 Å². The predicted octanol–water partition coefficient (Wildman–Crippen LogP) is 3.53. The monoisotopic (exact) mass is 351 g/mol. The van der Waals surface area contributed by atoms with Crippen LogP contribution in [0.1, 0.15) is 25.0 Å². The van der Waals surface area contributed by atoms with Gasteiger partial charge >= 0.3 is 0 Å². The summed E-state index contributed by atoms with van der Waals surface area (Å²) in [6.07, 6.45) is 0. The van der Waals surface area contributed by atoms with Gasteiger partial charge in [0.15, 0.2) is 0 Å². The molecule has 1 saturated heterocycles. The van der Waals surface area contributed by atoms with E-state index in [0.717, 1.165) is 44.0 Å². The number of ether oxygens (including phenoxy) is 1. The number of nitrogens with zero attached hydrogens (tertiary/aromatic N) is 1. The van der Waals surface area contributed by atoms with Crippen molar-refractivity contribution in [2.45, 2.75) is 19.4 Å². The highest BCUT2D eigenvalue weighted by atomic mass is 16.5. The van der Waals surface area contributed by atoms with Crippen LogP contribution in [-0.4, -0.2) is 42.9 Å². The molecule has 2 fully saturated rings. The third kappa shape index (κ3) is 2.98. The Hall–Kier alpha value is -1.68. The Morgan fingerprint density at radius 3 is 1.96 bits per heavy atom. The lowest BCUT2D eigenvalue weighted by Crippen LogP contribution is -2.39. The maximum absolute atomic E-state index is 12.1. The lowest BCUT2D eigenvalue weighted by Gasteiger charge is -2.32. The first-order valence-corrected chi connectivity index (χ1v) is 9.68. The van der Waals surface area contributed by atoms with Crippen molar-refractivity contribution < 1.29 is 9.84 Å². The van der Waals surface area contributed by atoms with Gasteiger partial charge in [-0.15, -0.1) is 0 Å². The van der Waals surface area contributed by atoms with Crippen LogP contribution in [0.3, 0.4) is 0 Å². The highest BCUT2D eigenvalue weighted by Crippen LogP contribution is 2.67. The molecule has 1 saturated carbocycles. The number of morpholine rings is 1. The summed E-state index contributed by atoms with van der Waals surface area (Å²) < 4.78 is 5.50. The Morgan fingerprint density at radius 2 is 1.46 bits per heavy atom. The van der Waals surface area contributed by atoms with Gasteiger partial charge in [0.05, 0.1) is 13.2 Å². The molecule has 2 atom stereocenters. The van der Waals surface area contributed by atoms with Crippen LogP contribution in [0, 0.1) is 17.3 Å². The highest BCUT2D eigenvalue weighted by molar-refractivity contribution is 5.41. The van der Waals surface area contributed by atoms with Gasteiger partial charge in [0.25, 0.3) is 0 Å². The number of hydrogen-bond donors (Lipinski definition) is 1. The average Bonchev–Trinajstić information content (AvgIpc) is 3.24. The van der Waals surface area contributed by atoms with Crippen molar-refractivity contribution in [3.8, 4) is 0 Å². The van der Waals surface area contributed by atoms with E-state index in [1.165, 1.54) is 0 Å². The van der Waals surface area contributed by atoms with E-state index < -0.39 is 5.60 Å². The molecule has 0 radical (unpaired) electrons. The third-order valence-electron chi connectivity index (χ3n) is 6.49. The maximum atomic E-state index is 12.1. The number of rotatable bonds is 5. The van der Waals surface area contributed by atoms with E-state index >= 15 is 0 Å². The summed E-state index contributed by atoms with van der Waals surface area (Å²) in [6, 6.07) is 20.4. The van der Waals surface area contributed by atoms with Gasteiger partial charge in [-0.05, 0) is 22.5 Å². The van der Waals surface area contributed by atoms with Gasteiger partial charge in [-0.2, -0.15) is 0 Å². The summed E-state index contributed by atoms with van der Waals surface area (Å²) in [7, 11) is 0. The number of hydrogen-bond acceptors (Lipinski definition) is 3. The summed E-state index contributed by atoms with van der Waals surface area (Å²) in [5.41, 5.74) is 1.13. The molecule has 0 amide bonds. The van der Waals surface area contributed by atoms with E-state index in [-0.39, 0.29) is 11.3 Å². The number of aliphatic hydroxyl groups is 1. The molecular formula is C23H29NO2. The second kappa shape index (κ2) is 6.80. The van der Waals surface area contributed by atoms with Crippen molar-refractivity contribution in [2.24, 2.45) is 17.3 Å². The van der Waals surface area contributed by atoms with Crippen molar-refractivity contribution in [2.75, 3.05) is 32.8 Å².